The van der Waals surface area contributed by atoms with Crippen molar-refractivity contribution in [1.82, 2.24) is 0 Å². The summed E-state index contributed by atoms with van der Waals surface area (Å²) in [5.41, 5.74) is 0. The van der Waals surface area contributed by atoms with Gasteiger partial charge in [-0.15, -0.1) is 0 Å². The van der Waals surface area contributed by atoms with E-state index in [1.165, 1.54) is 0 Å². The molecule has 4 atom stereocenters. The Kier molecular flexibility index (Phi) is 1.06. The van der Waals surface area contributed by atoms with Gasteiger partial charge in [-0.25, -0.2) is 4.39 Å². The molecule has 0 aromatic heterocycles. The molecule has 2 rings (SSSR count). The summed E-state index contributed by atoms with van der Waals surface area (Å²) < 4.78 is 12.9. The van der Waals surface area contributed by atoms with Crippen molar-refractivity contribution in [3.05, 3.63) is 0 Å². The Morgan fingerprint density at radius 1 is 1.33 bits per heavy atom. The van der Waals surface area contributed by atoms with Crippen LogP contribution < -0.4 is 0 Å². The van der Waals surface area contributed by atoms with Gasteiger partial charge in [0.1, 0.15) is 6.17 Å². The van der Waals surface area contributed by atoms with Crippen molar-refractivity contribution < 1.29 is 9.50 Å². The molecule has 0 spiro atoms. The first kappa shape index (κ1) is 5.66. The molecule has 0 aliphatic heterocycles. The highest BCUT2D eigenvalue weighted by Gasteiger charge is 2.47. The molecule has 0 heterocycles. The first-order valence-corrected chi connectivity index (χ1v) is 3.61. The largest absolute Gasteiger partial charge is 0.393 e. The summed E-state index contributed by atoms with van der Waals surface area (Å²) in [5, 5.41) is 9.15. The molecule has 0 aromatic rings. The molecule has 4 unspecified atom stereocenters. The van der Waals surface area contributed by atoms with Gasteiger partial charge in [-0.3, -0.25) is 0 Å². The van der Waals surface area contributed by atoms with E-state index in [1.807, 2.05) is 0 Å². The lowest BCUT2D eigenvalue weighted by atomic mass is 9.98. The summed E-state index contributed by atoms with van der Waals surface area (Å²) in [7, 11) is 0. The molecule has 2 aliphatic rings. The SMILES string of the molecule is OC1CC2CCC1C2F. The molecule has 2 saturated carbocycles. The number of aliphatic hydroxyl groups excluding tert-OH is 1. The van der Waals surface area contributed by atoms with Gasteiger partial charge in [0.2, 0.25) is 0 Å². The Morgan fingerprint density at radius 3 is 2.33 bits per heavy atom. The van der Waals surface area contributed by atoms with Crippen LogP contribution in [0.2, 0.25) is 0 Å². The minimum Gasteiger partial charge on any atom is -0.393 e. The number of rotatable bonds is 0. The Balaban J connectivity index is 2.16. The maximum atomic E-state index is 12.9. The molecule has 2 bridgehead atoms. The standard InChI is InChI=1S/C7H11FO/c8-7-4-1-2-5(7)6(9)3-4/h4-7,9H,1-3H2. The lowest BCUT2D eigenvalue weighted by molar-refractivity contribution is 0.101. The van der Waals surface area contributed by atoms with Crippen LogP contribution in [0.25, 0.3) is 0 Å². The number of aliphatic hydroxyl groups is 1. The Labute approximate surface area is 53.9 Å². The first-order chi connectivity index (χ1) is 4.29. The highest BCUT2D eigenvalue weighted by atomic mass is 19.1. The predicted octanol–water partition coefficient (Wildman–Crippen LogP) is 1.12. The van der Waals surface area contributed by atoms with Crippen LogP contribution in [0.5, 0.6) is 0 Å². The van der Waals surface area contributed by atoms with Crippen LogP contribution in [0.1, 0.15) is 19.3 Å². The van der Waals surface area contributed by atoms with E-state index >= 15 is 0 Å². The van der Waals surface area contributed by atoms with Crippen molar-refractivity contribution in [3.63, 3.8) is 0 Å². The Bertz CT molecular complexity index is 126. The predicted molar refractivity (Wildman–Crippen MR) is 31.7 cm³/mol. The molecule has 0 aromatic carbocycles. The van der Waals surface area contributed by atoms with E-state index in [2.05, 4.69) is 0 Å². The highest BCUT2D eigenvalue weighted by Crippen LogP contribution is 2.46. The second-order valence-corrected chi connectivity index (χ2v) is 3.25. The van der Waals surface area contributed by atoms with Crippen LogP contribution in [0.15, 0.2) is 0 Å². The third-order valence-corrected chi connectivity index (χ3v) is 2.77. The minimum absolute atomic E-state index is 0.00463. The lowest BCUT2D eigenvalue weighted by Gasteiger charge is -2.13. The van der Waals surface area contributed by atoms with Crippen LogP contribution in [-0.4, -0.2) is 17.4 Å². The number of alkyl halides is 1. The Hall–Kier alpha value is -0.110. The molecule has 2 fully saturated rings. The van der Waals surface area contributed by atoms with Gasteiger partial charge in [0, 0.05) is 5.92 Å². The van der Waals surface area contributed by atoms with E-state index < -0.39 is 6.17 Å². The molecule has 0 amide bonds. The van der Waals surface area contributed by atoms with Gasteiger partial charge in [0.15, 0.2) is 0 Å². The molecule has 2 aliphatic carbocycles. The third-order valence-electron chi connectivity index (χ3n) is 2.77. The molecule has 1 nitrogen and oxygen atoms in total. The topological polar surface area (TPSA) is 20.2 Å². The van der Waals surface area contributed by atoms with Gasteiger partial charge >= 0.3 is 0 Å². The number of hydrogen-bond acceptors (Lipinski definition) is 1. The lowest BCUT2D eigenvalue weighted by Crippen LogP contribution is -2.17. The average molecular weight is 130 g/mol. The van der Waals surface area contributed by atoms with E-state index in [9.17, 15) is 4.39 Å². The average Bonchev–Trinajstić information content (AvgIpc) is 2.25. The van der Waals surface area contributed by atoms with Gasteiger partial charge < -0.3 is 5.11 Å². The van der Waals surface area contributed by atoms with Crippen LogP contribution in [0, 0.1) is 11.8 Å². The van der Waals surface area contributed by atoms with Crippen LogP contribution >= 0.6 is 0 Å². The summed E-state index contributed by atoms with van der Waals surface area (Å²) >= 11 is 0. The second-order valence-electron chi connectivity index (χ2n) is 3.25. The minimum atomic E-state index is -0.681. The fraction of sp³-hybridized carbons (Fsp3) is 1.00. The van der Waals surface area contributed by atoms with Crippen molar-refractivity contribution in [3.8, 4) is 0 Å². The fourth-order valence-corrected chi connectivity index (χ4v) is 2.21. The Morgan fingerprint density at radius 2 is 2.11 bits per heavy atom. The summed E-state index contributed by atoms with van der Waals surface area (Å²) in [6.45, 7) is 0. The van der Waals surface area contributed by atoms with Crippen LogP contribution in [0.4, 0.5) is 4.39 Å². The zero-order valence-corrected chi connectivity index (χ0v) is 5.26. The van der Waals surface area contributed by atoms with Crippen molar-refractivity contribution in [2.75, 3.05) is 0 Å². The van der Waals surface area contributed by atoms with Gasteiger partial charge in [0.05, 0.1) is 6.10 Å². The van der Waals surface area contributed by atoms with E-state index in [4.69, 9.17) is 5.11 Å². The monoisotopic (exact) mass is 130 g/mol. The van der Waals surface area contributed by atoms with Crippen LogP contribution in [-0.2, 0) is 0 Å². The van der Waals surface area contributed by atoms with Crippen LogP contribution in [0.3, 0.4) is 0 Å². The van der Waals surface area contributed by atoms with Crippen molar-refractivity contribution in [2.45, 2.75) is 31.5 Å². The van der Waals surface area contributed by atoms with E-state index in [0.29, 0.717) is 6.42 Å². The normalized spacial score (nSPS) is 56.7. The van der Waals surface area contributed by atoms with Crippen molar-refractivity contribution in [2.24, 2.45) is 11.8 Å². The van der Waals surface area contributed by atoms with Crippen molar-refractivity contribution in [1.29, 1.82) is 0 Å². The maximum absolute atomic E-state index is 12.9. The molecule has 2 heteroatoms. The number of halogens is 1. The summed E-state index contributed by atoms with van der Waals surface area (Å²) in [6, 6.07) is 0. The number of fused-ring (bicyclic) bond motifs is 2. The molecule has 9 heavy (non-hydrogen) atoms. The smallest absolute Gasteiger partial charge is 0.108 e. The second kappa shape index (κ2) is 1.69. The molecule has 1 N–H and O–H groups in total. The summed E-state index contributed by atoms with van der Waals surface area (Å²) in [4.78, 5) is 0. The zero-order chi connectivity index (χ0) is 6.43. The maximum Gasteiger partial charge on any atom is 0.108 e. The quantitative estimate of drug-likeness (QED) is 0.521. The van der Waals surface area contributed by atoms with Crippen molar-refractivity contribution >= 4 is 0 Å². The molecular weight excluding hydrogens is 119 g/mol. The van der Waals surface area contributed by atoms with E-state index in [0.717, 1.165) is 12.8 Å². The van der Waals surface area contributed by atoms with Gasteiger partial charge in [-0.05, 0) is 25.2 Å². The first-order valence-electron chi connectivity index (χ1n) is 3.61. The third kappa shape index (κ3) is 0.627. The molecule has 0 saturated heterocycles. The van der Waals surface area contributed by atoms with Gasteiger partial charge in [0.25, 0.3) is 0 Å². The van der Waals surface area contributed by atoms with Gasteiger partial charge in [-0.2, -0.15) is 0 Å². The van der Waals surface area contributed by atoms with E-state index in [1.54, 1.807) is 0 Å². The molecule has 52 valence electrons. The fourth-order valence-electron chi connectivity index (χ4n) is 2.21. The van der Waals surface area contributed by atoms with E-state index in [-0.39, 0.29) is 17.9 Å². The molecular formula is C7H11FO. The highest BCUT2D eigenvalue weighted by molar-refractivity contribution is 4.97. The summed E-state index contributed by atoms with van der Waals surface area (Å²) in [5.74, 6) is 0.194. The molecule has 0 radical (unpaired) electrons. The van der Waals surface area contributed by atoms with Gasteiger partial charge in [-0.1, -0.05) is 0 Å². The zero-order valence-electron chi connectivity index (χ0n) is 5.26. The summed E-state index contributed by atoms with van der Waals surface area (Å²) in [6.07, 6.45) is 1.63. The number of hydrogen-bond donors (Lipinski definition) is 1.